The van der Waals surface area contributed by atoms with Crippen LogP contribution in [0.4, 0.5) is 0 Å². The van der Waals surface area contributed by atoms with Crippen molar-refractivity contribution >= 4 is 0 Å². The van der Waals surface area contributed by atoms with Crippen molar-refractivity contribution in [2.24, 2.45) is 0 Å². The molecule has 0 radical (unpaired) electrons. The van der Waals surface area contributed by atoms with E-state index in [1.807, 2.05) is 38.1 Å². The topological polar surface area (TPSA) is 43.6 Å². The molecule has 0 atom stereocenters. The van der Waals surface area contributed by atoms with E-state index in [0.717, 1.165) is 17.1 Å². The van der Waals surface area contributed by atoms with Gasteiger partial charge in [-0.1, -0.05) is 18.2 Å². The van der Waals surface area contributed by atoms with Gasteiger partial charge < -0.3 is 0 Å². The van der Waals surface area contributed by atoms with Crippen LogP contribution in [0.2, 0.25) is 0 Å². The number of para-hydroxylation sites is 1. The Morgan fingerprint density at radius 3 is 2.54 bits per heavy atom. The average Bonchev–Trinajstić information content (AvgIpc) is 2.52. The summed E-state index contributed by atoms with van der Waals surface area (Å²) in [6, 6.07) is 8.01. The summed E-state index contributed by atoms with van der Waals surface area (Å²) in [6.07, 6.45) is 0. The molecule has 1 aromatic heterocycles. The maximum atomic E-state index is 3.90. The predicted molar refractivity (Wildman–Crippen MR) is 48.6 cm³/mol. The Balaban J connectivity index is 2.59. The van der Waals surface area contributed by atoms with Gasteiger partial charge in [-0.15, -0.1) is 5.10 Å². The van der Waals surface area contributed by atoms with E-state index in [4.69, 9.17) is 0 Å². The Labute approximate surface area is 76.2 Å². The summed E-state index contributed by atoms with van der Waals surface area (Å²) < 4.78 is 1.73. The first kappa shape index (κ1) is 7.91. The SMILES string of the molecule is Cc1ccccc1-n1nnnc1C. The Hall–Kier alpha value is -1.71. The van der Waals surface area contributed by atoms with E-state index in [2.05, 4.69) is 15.5 Å². The van der Waals surface area contributed by atoms with Gasteiger partial charge >= 0.3 is 0 Å². The largest absolute Gasteiger partial charge is 0.197 e. The Bertz CT molecular complexity index is 419. The Morgan fingerprint density at radius 2 is 1.92 bits per heavy atom. The number of tetrazole rings is 1. The lowest BCUT2D eigenvalue weighted by Gasteiger charge is -2.04. The van der Waals surface area contributed by atoms with Gasteiger partial charge in [0.05, 0.1) is 5.69 Å². The lowest BCUT2D eigenvalue weighted by Crippen LogP contribution is -2.01. The summed E-state index contributed by atoms with van der Waals surface area (Å²) in [7, 11) is 0. The van der Waals surface area contributed by atoms with Gasteiger partial charge in [-0.25, -0.2) is 0 Å². The molecule has 0 aliphatic carbocycles. The third-order valence-corrected chi connectivity index (χ3v) is 1.97. The molecule has 0 aliphatic heterocycles. The average molecular weight is 174 g/mol. The van der Waals surface area contributed by atoms with Crippen molar-refractivity contribution in [1.82, 2.24) is 20.2 Å². The number of rotatable bonds is 1. The van der Waals surface area contributed by atoms with Gasteiger partial charge in [-0.2, -0.15) is 4.68 Å². The molecular weight excluding hydrogens is 164 g/mol. The fourth-order valence-electron chi connectivity index (χ4n) is 1.26. The van der Waals surface area contributed by atoms with E-state index in [1.165, 1.54) is 0 Å². The molecule has 0 bridgehead atoms. The van der Waals surface area contributed by atoms with Crippen molar-refractivity contribution < 1.29 is 0 Å². The zero-order valence-corrected chi connectivity index (χ0v) is 7.60. The smallest absolute Gasteiger partial charge is 0.153 e. The zero-order valence-electron chi connectivity index (χ0n) is 7.60. The highest BCUT2D eigenvalue weighted by atomic mass is 15.5. The summed E-state index contributed by atoms with van der Waals surface area (Å²) in [5.41, 5.74) is 2.20. The van der Waals surface area contributed by atoms with Crippen molar-refractivity contribution in [3.8, 4) is 5.69 Å². The second kappa shape index (κ2) is 2.97. The minimum Gasteiger partial charge on any atom is -0.197 e. The molecule has 0 amide bonds. The van der Waals surface area contributed by atoms with E-state index >= 15 is 0 Å². The highest BCUT2D eigenvalue weighted by Crippen LogP contribution is 2.11. The summed E-state index contributed by atoms with van der Waals surface area (Å²) in [5.74, 6) is 0.800. The molecule has 0 aliphatic rings. The van der Waals surface area contributed by atoms with Gasteiger partial charge in [0, 0.05) is 0 Å². The van der Waals surface area contributed by atoms with Crippen LogP contribution >= 0.6 is 0 Å². The molecule has 0 N–H and O–H groups in total. The predicted octanol–water partition coefficient (Wildman–Crippen LogP) is 1.28. The zero-order chi connectivity index (χ0) is 9.26. The Morgan fingerprint density at radius 1 is 1.15 bits per heavy atom. The lowest BCUT2D eigenvalue weighted by molar-refractivity contribution is 0.775. The molecule has 0 unspecified atom stereocenters. The van der Waals surface area contributed by atoms with Crippen molar-refractivity contribution in [3.05, 3.63) is 35.7 Å². The highest BCUT2D eigenvalue weighted by molar-refractivity contribution is 5.39. The second-order valence-electron chi connectivity index (χ2n) is 2.92. The maximum absolute atomic E-state index is 3.90. The molecule has 13 heavy (non-hydrogen) atoms. The first-order valence-electron chi connectivity index (χ1n) is 4.10. The summed E-state index contributed by atoms with van der Waals surface area (Å²) in [6.45, 7) is 3.92. The van der Waals surface area contributed by atoms with E-state index < -0.39 is 0 Å². The van der Waals surface area contributed by atoms with Crippen LogP contribution in [0.25, 0.3) is 5.69 Å². The number of nitrogens with zero attached hydrogens (tertiary/aromatic N) is 4. The number of benzene rings is 1. The number of aryl methyl sites for hydroxylation is 2. The van der Waals surface area contributed by atoms with Crippen LogP contribution in [0, 0.1) is 13.8 Å². The highest BCUT2D eigenvalue weighted by Gasteiger charge is 2.04. The number of aromatic nitrogens is 4. The van der Waals surface area contributed by atoms with Gasteiger partial charge in [-0.05, 0) is 35.9 Å². The maximum Gasteiger partial charge on any atom is 0.153 e. The van der Waals surface area contributed by atoms with Crippen LogP contribution in [0.15, 0.2) is 24.3 Å². The minimum absolute atomic E-state index is 0.800. The fraction of sp³-hybridized carbons (Fsp3) is 0.222. The van der Waals surface area contributed by atoms with Gasteiger partial charge in [0.2, 0.25) is 0 Å². The molecular formula is C9H10N4. The van der Waals surface area contributed by atoms with E-state index in [1.54, 1.807) is 4.68 Å². The molecule has 0 saturated carbocycles. The molecule has 0 spiro atoms. The van der Waals surface area contributed by atoms with Crippen molar-refractivity contribution in [2.45, 2.75) is 13.8 Å². The van der Waals surface area contributed by atoms with E-state index in [-0.39, 0.29) is 0 Å². The summed E-state index contributed by atoms with van der Waals surface area (Å²) in [4.78, 5) is 0. The third kappa shape index (κ3) is 1.30. The van der Waals surface area contributed by atoms with E-state index in [0.29, 0.717) is 0 Å². The summed E-state index contributed by atoms with van der Waals surface area (Å²) >= 11 is 0. The van der Waals surface area contributed by atoms with Gasteiger partial charge in [0.15, 0.2) is 5.82 Å². The lowest BCUT2D eigenvalue weighted by atomic mass is 10.2. The molecule has 0 fully saturated rings. The first-order valence-corrected chi connectivity index (χ1v) is 4.10. The van der Waals surface area contributed by atoms with Gasteiger partial charge in [-0.3, -0.25) is 0 Å². The third-order valence-electron chi connectivity index (χ3n) is 1.97. The van der Waals surface area contributed by atoms with Crippen LogP contribution in [-0.2, 0) is 0 Å². The number of hydrogen-bond acceptors (Lipinski definition) is 3. The van der Waals surface area contributed by atoms with Crippen molar-refractivity contribution in [2.75, 3.05) is 0 Å². The molecule has 4 heteroatoms. The van der Waals surface area contributed by atoms with Crippen LogP contribution in [0.1, 0.15) is 11.4 Å². The van der Waals surface area contributed by atoms with Gasteiger partial charge in [0.1, 0.15) is 0 Å². The number of hydrogen-bond donors (Lipinski definition) is 0. The molecule has 4 nitrogen and oxygen atoms in total. The van der Waals surface area contributed by atoms with Crippen LogP contribution in [0.5, 0.6) is 0 Å². The standard InChI is InChI=1S/C9H10N4/c1-7-5-3-4-6-9(7)13-8(2)10-11-12-13/h3-6H,1-2H3. The van der Waals surface area contributed by atoms with Crippen LogP contribution < -0.4 is 0 Å². The van der Waals surface area contributed by atoms with Crippen molar-refractivity contribution in [3.63, 3.8) is 0 Å². The first-order chi connectivity index (χ1) is 6.29. The summed E-state index contributed by atoms with van der Waals surface area (Å²) in [5, 5.41) is 11.3. The van der Waals surface area contributed by atoms with Crippen LogP contribution in [-0.4, -0.2) is 20.2 Å². The molecule has 2 rings (SSSR count). The van der Waals surface area contributed by atoms with E-state index in [9.17, 15) is 0 Å². The minimum atomic E-state index is 0.800. The molecule has 1 aromatic carbocycles. The Kier molecular flexibility index (Phi) is 1.81. The molecule has 1 heterocycles. The van der Waals surface area contributed by atoms with Crippen molar-refractivity contribution in [1.29, 1.82) is 0 Å². The quantitative estimate of drug-likeness (QED) is 0.654. The molecule has 0 saturated heterocycles. The normalized spacial score (nSPS) is 10.3. The molecule has 66 valence electrons. The van der Waals surface area contributed by atoms with Crippen LogP contribution in [0.3, 0.4) is 0 Å². The molecule has 2 aromatic rings. The van der Waals surface area contributed by atoms with Gasteiger partial charge in [0.25, 0.3) is 0 Å². The monoisotopic (exact) mass is 174 g/mol. The second-order valence-corrected chi connectivity index (χ2v) is 2.92. The fourth-order valence-corrected chi connectivity index (χ4v) is 1.26.